The van der Waals surface area contributed by atoms with Crippen molar-refractivity contribution in [2.45, 2.75) is 127 Å². The predicted molar refractivity (Wildman–Crippen MR) is 279 cm³/mol. The van der Waals surface area contributed by atoms with Gasteiger partial charge in [0.2, 0.25) is 35.5 Å². The van der Waals surface area contributed by atoms with Crippen molar-refractivity contribution in [1.82, 2.24) is 49.5 Å². The first-order chi connectivity index (χ1) is 36.4. The minimum atomic E-state index is -0.753. The molecule has 18 nitrogen and oxygen atoms in total. The number of carbonyl (C=O) groups is 5. The van der Waals surface area contributed by atoms with Crippen molar-refractivity contribution in [2.75, 3.05) is 67.5 Å². The minimum absolute atomic E-state index is 0.0712. The van der Waals surface area contributed by atoms with Gasteiger partial charge in [-0.15, -0.1) is 0 Å². The average Bonchev–Trinajstić information content (AvgIpc) is 3.96. The number of aromatic nitrogens is 6. The van der Waals surface area contributed by atoms with E-state index < -0.39 is 17.2 Å². The van der Waals surface area contributed by atoms with Crippen LogP contribution in [0.3, 0.4) is 0 Å². The van der Waals surface area contributed by atoms with Crippen LogP contribution >= 0.6 is 0 Å². The second-order valence-corrected chi connectivity index (χ2v) is 22.3. The Balaban J connectivity index is 0.712. The lowest BCUT2D eigenvalue weighted by atomic mass is 9.73. The van der Waals surface area contributed by atoms with Gasteiger partial charge in [-0.25, -0.2) is 24.3 Å². The summed E-state index contributed by atoms with van der Waals surface area (Å²) in [5.74, 6) is -0.356. The number of benzene rings is 1. The number of carbonyl (C=O) groups excluding carboxylic acids is 5. The molecular formula is C56H66FN13O5. The molecular weight excluding hydrogens is 954 g/mol. The molecule has 1 saturated carbocycles. The molecule has 5 saturated heterocycles. The van der Waals surface area contributed by atoms with Crippen LogP contribution in [0.1, 0.15) is 120 Å². The molecule has 4 aromatic heterocycles. The van der Waals surface area contributed by atoms with Crippen LogP contribution < -0.4 is 20.4 Å². The van der Waals surface area contributed by atoms with Crippen molar-refractivity contribution in [2.24, 2.45) is 11.8 Å². The summed E-state index contributed by atoms with van der Waals surface area (Å²) >= 11 is 0. The third-order valence-corrected chi connectivity index (χ3v) is 17.7. The number of rotatable bonds is 10. The number of imide groups is 1. The van der Waals surface area contributed by atoms with Crippen LogP contribution in [0.5, 0.6) is 0 Å². The van der Waals surface area contributed by atoms with Gasteiger partial charge in [0.05, 0.1) is 40.8 Å². The molecule has 392 valence electrons. The number of pyridine rings is 2. The topological polar surface area (TPSA) is 195 Å². The van der Waals surface area contributed by atoms with Crippen molar-refractivity contribution < 1.29 is 28.4 Å². The SMILES string of the molecule is CC(C)n1cnc2cc(-c3ccc4c(c3)N([C@H]3C[C@@H](N5CCCCC5)C3)C(=O)C43CCN(C(=O)C4CCN(C(=O)C5CCN(c6ncc(C7CCC(=O)NC7=O)cn6)CC5)CC4)CC3)nc(Nc3ccncc3F)c21. The molecule has 1 spiro atoms. The number of halogens is 1. The average molecular weight is 1020 g/mol. The number of hydrogen-bond acceptors (Lipinski definition) is 13. The van der Waals surface area contributed by atoms with Crippen LogP contribution in [0.25, 0.3) is 22.3 Å². The first kappa shape index (κ1) is 49.0. The van der Waals surface area contributed by atoms with Crippen molar-refractivity contribution in [3.63, 3.8) is 0 Å². The molecule has 5 amide bonds. The highest BCUT2D eigenvalue weighted by Gasteiger charge is 2.56. The second-order valence-electron chi connectivity index (χ2n) is 22.3. The Morgan fingerprint density at radius 2 is 1.48 bits per heavy atom. The number of piperidine rings is 5. The standard InChI is InChI=1S/C56H66FN13O5/c1-34(2)69-33-61-46-29-45(63-50(49(46)69)62-44-10-17-58-32-43(44)57)37-6-8-42-47(26-37)70(40-27-39(28-40)65-18-4-3-5-19-65)54(75)56(42)15-24-67(25-16-56)53(74)35-11-20-66(21-12-35)52(73)36-13-22-68(23-14-36)55-59-30-38(31-60-55)41-7-9-48(71)64-51(41)72/h6,8,10,17,26,29-36,39-41H,3-5,7,9,11-16,18-25,27-28H2,1-2H3,(H,58,62,63)(H,64,71,72)/t39-,40+,41?. The Bertz CT molecular complexity index is 3020. The maximum Gasteiger partial charge on any atom is 0.238 e. The summed E-state index contributed by atoms with van der Waals surface area (Å²) in [5, 5.41) is 5.64. The summed E-state index contributed by atoms with van der Waals surface area (Å²) in [4.78, 5) is 101. The van der Waals surface area contributed by atoms with Gasteiger partial charge in [0, 0.05) is 111 Å². The summed E-state index contributed by atoms with van der Waals surface area (Å²) in [6.45, 7) is 9.69. The van der Waals surface area contributed by atoms with Gasteiger partial charge < -0.3 is 34.4 Å². The van der Waals surface area contributed by atoms with Crippen LogP contribution in [-0.4, -0.2) is 138 Å². The van der Waals surface area contributed by atoms with Crippen LogP contribution in [0.15, 0.2) is 61.4 Å². The van der Waals surface area contributed by atoms with Crippen LogP contribution in [0.2, 0.25) is 0 Å². The second kappa shape index (κ2) is 20.0. The molecule has 2 N–H and O–H groups in total. The number of anilines is 4. The molecule has 6 aliphatic heterocycles. The normalized spacial score (nSPS) is 23.7. The Hall–Kier alpha value is -6.89. The number of fused-ring (bicyclic) bond motifs is 3. The number of nitrogens with zero attached hydrogens (tertiary/aromatic N) is 11. The molecule has 0 radical (unpaired) electrons. The molecule has 1 unspecified atom stereocenters. The fourth-order valence-electron chi connectivity index (χ4n) is 13.2. The van der Waals surface area contributed by atoms with Gasteiger partial charge in [0.1, 0.15) is 5.52 Å². The van der Waals surface area contributed by atoms with E-state index in [1.807, 2.05) is 20.4 Å². The largest absolute Gasteiger partial charge is 0.342 e. The van der Waals surface area contributed by atoms with E-state index in [0.29, 0.717) is 120 Å². The number of likely N-dealkylation sites (tertiary alicyclic amines) is 3. The van der Waals surface area contributed by atoms with Crippen molar-refractivity contribution >= 4 is 63.7 Å². The molecule has 1 atom stereocenters. The van der Waals surface area contributed by atoms with Crippen molar-refractivity contribution in [3.05, 3.63) is 78.4 Å². The van der Waals surface area contributed by atoms with Crippen LogP contribution in [0, 0.1) is 17.7 Å². The third-order valence-electron chi connectivity index (χ3n) is 17.7. The first-order valence-electron chi connectivity index (χ1n) is 27.4. The fourth-order valence-corrected chi connectivity index (χ4v) is 13.2. The van der Waals surface area contributed by atoms with E-state index in [9.17, 15) is 19.2 Å². The van der Waals surface area contributed by atoms with Gasteiger partial charge in [0.15, 0.2) is 11.6 Å². The zero-order valence-electron chi connectivity index (χ0n) is 42.9. The van der Waals surface area contributed by atoms with E-state index in [1.54, 1.807) is 31.0 Å². The van der Waals surface area contributed by atoms with Gasteiger partial charge in [-0.3, -0.25) is 34.3 Å². The van der Waals surface area contributed by atoms with Crippen molar-refractivity contribution in [3.8, 4) is 11.3 Å². The molecule has 19 heteroatoms. The molecule has 6 fully saturated rings. The van der Waals surface area contributed by atoms with Gasteiger partial charge in [-0.2, -0.15) is 0 Å². The number of hydrogen-bond donors (Lipinski definition) is 2. The summed E-state index contributed by atoms with van der Waals surface area (Å²) in [7, 11) is 0. The lowest BCUT2D eigenvalue weighted by molar-refractivity contribution is -0.144. The number of imidazole rings is 1. The Kier molecular flexibility index (Phi) is 13.1. The molecule has 10 heterocycles. The molecule has 75 heavy (non-hydrogen) atoms. The Morgan fingerprint density at radius 1 is 0.787 bits per heavy atom. The summed E-state index contributed by atoms with van der Waals surface area (Å²) < 4.78 is 17.1. The molecule has 1 aromatic carbocycles. The van der Waals surface area contributed by atoms with E-state index in [4.69, 9.17) is 9.97 Å². The van der Waals surface area contributed by atoms with Crippen LogP contribution in [-0.2, 0) is 29.4 Å². The highest BCUT2D eigenvalue weighted by atomic mass is 19.1. The van der Waals surface area contributed by atoms with E-state index in [2.05, 4.69) is 72.3 Å². The Labute approximate surface area is 435 Å². The minimum Gasteiger partial charge on any atom is -0.342 e. The Morgan fingerprint density at radius 3 is 2.16 bits per heavy atom. The summed E-state index contributed by atoms with van der Waals surface area (Å²) in [5.41, 5.74) is 5.10. The highest BCUT2D eigenvalue weighted by Crippen LogP contribution is 2.52. The van der Waals surface area contributed by atoms with Crippen LogP contribution in [0.4, 0.5) is 27.5 Å². The maximum absolute atomic E-state index is 15.3. The molecule has 0 bridgehead atoms. The quantitative estimate of drug-likeness (QED) is 0.142. The predicted octanol–water partition coefficient (Wildman–Crippen LogP) is 6.65. The lowest BCUT2D eigenvalue weighted by Crippen LogP contribution is -2.58. The molecule has 1 aliphatic carbocycles. The fraction of sp³-hybridized carbons (Fsp3) is 0.536. The zero-order valence-corrected chi connectivity index (χ0v) is 42.9. The van der Waals surface area contributed by atoms with E-state index >= 15 is 9.18 Å². The van der Waals surface area contributed by atoms with Gasteiger partial charge in [0.25, 0.3) is 0 Å². The molecule has 12 rings (SSSR count). The number of amides is 5. The molecule has 5 aromatic rings. The van der Waals surface area contributed by atoms with Gasteiger partial charge >= 0.3 is 0 Å². The first-order valence-corrected chi connectivity index (χ1v) is 27.4. The summed E-state index contributed by atoms with van der Waals surface area (Å²) in [6.07, 6.45) is 17.8. The summed E-state index contributed by atoms with van der Waals surface area (Å²) in [6, 6.07) is 10.5. The third kappa shape index (κ3) is 9.07. The lowest BCUT2D eigenvalue weighted by Gasteiger charge is -2.48. The van der Waals surface area contributed by atoms with E-state index in [1.165, 1.54) is 25.5 Å². The number of nitrogens with one attached hydrogen (secondary N) is 2. The van der Waals surface area contributed by atoms with E-state index in [0.717, 1.165) is 53.8 Å². The van der Waals surface area contributed by atoms with Gasteiger partial charge in [-0.1, -0.05) is 18.6 Å². The monoisotopic (exact) mass is 1020 g/mol. The van der Waals surface area contributed by atoms with E-state index in [-0.39, 0.29) is 59.1 Å². The van der Waals surface area contributed by atoms with Crippen molar-refractivity contribution in [1.29, 1.82) is 0 Å². The zero-order chi connectivity index (χ0) is 51.5. The smallest absolute Gasteiger partial charge is 0.238 e. The highest BCUT2D eigenvalue weighted by molar-refractivity contribution is 6.09. The molecule has 7 aliphatic rings. The van der Waals surface area contributed by atoms with Gasteiger partial charge in [-0.05, 0) is 121 Å². The maximum atomic E-state index is 15.3.